The summed E-state index contributed by atoms with van der Waals surface area (Å²) in [6.45, 7) is 0.814. The van der Waals surface area contributed by atoms with Crippen molar-refractivity contribution < 1.29 is 12.8 Å². The molecule has 0 spiro atoms. The van der Waals surface area contributed by atoms with Gasteiger partial charge in [0, 0.05) is 32.3 Å². The summed E-state index contributed by atoms with van der Waals surface area (Å²) in [6, 6.07) is 5.41. The van der Waals surface area contributed by atoms with Crippen molar-refractivity contribution in [2.24, 2.45) is 7.05 Å². The Morgan fingerprint density at radius 1 is 1.35 bits per heavy atom. The Bertz CT molecular complexity index is 822. The van der Waals surface area contributed by atoms with E-state index in [2.05, 4.69) is 5.10 Å². The molecule has 3 rings (SSSR count). The third-order valence-corrected chi connectivity index (χ3v) is 6.22. The molecule has 0 saturated carbocycles. The zero-order valence-corrected chi connectivity index (χ0v) is 14.2. The number of hydrogen-bond donors (Lipinski definition) is 0. The number of hydrogen-bond acceptors (Lipinski definition) is 3. The first-order valence-electron chi connectivity index (χ1n) is 7.32. The Labute approximate surface area is 139 Å². The first-order valence-corrected chi connectivity index (χ1v) is 9.14. The molecular formula is C15H17ClFN3O2S. The number of benzene rings is 1. The lowest BCUT2D eigenvalue weighted by Gasteiger charge is -2.31. The largest absolute Gasteiger partial charge is 0.276 e. The van der Waals surface area contributed by atoms with E-state index in [1.165, 1.54) is 10.4 Å². The lowest BCUT2D eigenvalue weighted by molar-refractivity contribution is 0.312. The van der Waals surface area contributed by atoms with Crippen LogP contribution in [-0.2, 0) is 17.1 Å². The maximum Gasteiger partial charge on any atom is 0.243 e. The lowest BCUT2D eigenvalue weighted by atomic mass is 9.96. The average Bonchev–Trinajstić information content (AvgIpc) is 2.96. The smallest absolute Gasteiger partial charge is 0.243 e. The van der Waals surface area contributed by atoms with E-state index < -0.39 is 15.8 Å². The molecule has 1 atom stereocenters. The molecule has 1 aliphatic heterocycles. The summed E-state index contributed by atoms with van der Waals surface area (Å²) in [5.74, 6) is -0.564. The van der Waals surface area contributed by atoms with Crippen LogP contribution in [-0.4, -0.2) is 35.6 Å². The molecule has 0 bridgehead atoms. The molecule has 2 heterocycles. The Hall–Kier alpha value is -1.44. The summed E-state index contributed by atoms with van der Waals surface area (Å²) in [4.78, 5) is 0.0190. The molecule has 8 heteroatoms. The molecule has 2 aromatic rings. The summed E-state index contributed by atoms with van der Waals surface area (Å²) in [6.07, 6.45) is 3.51. The fourth-order valence-corrected chi connectivity index (χ4v) is 4.64. The Kier molecular flexibility index (Phi) is 4.44. The highest BCUT2D eigenvalue weighted by molar-refractivity contribution is 7.89. The third kappa shape index (κ3) is 3.27. The number of piperidine rings is 1. The van der Waals surface area contributed by atoms with Crippen LogP contribution in [0.3, 0.4) is 0 Å². The number of rotatable bonds is 3. The van der Waals surface area contributed by atoms with Gasteiger partial charge in [-0.2, -0.15) is 9.40 Å². The zero-order valence-electron chi connectivity index (χ0n) is 12.6. The predicted octanol–water partition coefficient (Wildman–Crippen LogP) is 2.78. The van der Waals surface area contributed by atoms with Crippen LogP contribution in [0.4, 0.5) is 4.39 Å². The van der Waals surface area contributed by atoms with Gasteiger partial charge in [0.1, 0.15) is 5.82 Å². The summed E-state index contributed by atoms with van der Waals surface area (Å²) >= 11 is 5.72. The van der Waals surface area contributed by atoms with E-state index in [-0.39, 0.29) is 15.8 Å². The molecular weight excluding hydrogens is 341 g/mol. The van der Waals surface area contributed by atoms with Gasteiger partial charge in [-0.3, -0.25) is 4.68 Å². The van der Waals surface area contributed by atoms with Crippen molar-refractivity contribution >= 4 is 21.6 Å². The van der Waals surface area contributed by atoms with Gasteiger partial charge in [0.05, 0.1) is 15.6 Å². The van der Waals surface area contributed by atoms with Crippen LogP contribution in [0.2, 0.25) is 5.02 Å². The fourth-order valence-electron chi connectivity index (χ4n) is 2.84. The van der Waals surface area contributed by atoms with Crippen molar-refractivity contribution in [3.63, 3.8) is 0 Å². The average molecular weight is 358 g/mol. The second-order valence-electron chi connectivity index (χ2n) is 5.69. The van der Waals surface area contributed by atoms with Crippen LogP contribution in [0.15, 0.2) is 35.4 Å². The fraction of sp³-hybridized carbons (Fsp3) is 0.400. The van der Waals surface area contributed by atoms with E-state index in [0.29, 0.717) is 13.1 Å². The van der Waals surface area contributed by atoms with Crippen LogP contribution >= 0.6 is 11.6 Å². The van der Waals surface area contributed by atoms with Gasteiger partial charge in [-0.1, -0.05) is 11.6 Å². The Morgan fingerprint density at radius 2 is 2.13 bits per heavy atom. The molecule has 1 aromatic carbocycles. The standard InChI is InChI=1S/C15H17ClFN3O2S/c1-19-8-6-15(18-19)11-3-2-7-20(10-11)23(21,22)12-4-5-14(17)13(16)9-12/h4-6,8-9,11H,2-3,7,10H2,1H3. The summed E-state index contributed by atoms with van der Waals surface area (Å²) in [5.41, 5.74) is 0.893. The first kappa shape index (κ1) is 16.4. The monoisotopic (exact) mass is 357 g/mol. The maximum absolute atomic E-state index is 13.3. The highest BCUT2D eigenvalue weighted by Crippen LogP contribution is 2.30. The summed E-state index contributed by atoms with van der Waals surface area (Å²) < 4.78 is 41.9. The van der Waals surface area contributed by atoms with Gasteiger partial charge in [-0.25, -0.2) is 12.8 Å². The number of aryl methyl sites for hydroxylation is 1. The molecule has 1 aliphatic rings. The van der Waals surface area contributed by atoms with Gasteiger partial charge in [0.2, 0.25) is 10.0 Å². The van der Waals surface area contributed by atoms with Crippen molar-refractivity contribution in [3.05, 3.63) is 47.0 Å². The van der Waals surface area contributed by atoms with Crippen molar-refractivity contribution in [2.45, 2.75) is 23.7 Å². The normalized spacial score (nSPS) is 19.9. The molecule has 1 saturated heterocycles. The van der Waals surface area contributed by atoms with Gasteiger partial charge in [-0.15, -0.1) is 0 Å². The topological polar surface area (TPSA) is 55.2 Å². The Balaban J connectivity index is 1.86. The van der Waals surface area contributed by atoms with Crippen molar-refractivity contribution in [1.29, 1.82) is 0 Å². The molecule has 0 radical (unpaired) electrons. The molecule has 5 nitrogen and oxygen atoms in total. The Morgan fingerprint density at radius 3 is 2.78 bits per heavy atom. The minimum Gasteiger partial charge on any atom is -0.276 e. The number of aromatic nitrogens is 2. The SMILES string of the molecule is Cn1ccc(C2CCCN(S(=O)(=O)c3ccc(F)c(Cl)c3)C2)n1. The van der Waals surface area contributed by atoms with Gasteiger partial charge >= 0.3 is 0 Å². The van der Waals surface area contributed by atoms with Crippen molar-refractivity contribution in [1.82, 2.24) is 14.1 Å². The van der Waals surface area contributed by atoms with Crippen LogP contribution < -0.4 is 0 Å². The van der Waals surface area contributed by atoms with Gasteiger partial charge in [0.15, 0.2) is 0 Å². The van der Waals surface area contributed by atoms with Crippen LogP contribution in [0.5, 0.6) is 0 Å². The van der Waals surface area contributed by atoms with Gasteiger partial charge in [0.25, 0.3) is 0 Å². The van der Waals surface area contributed by atoms with Gasteiger partial charge < -0.3 is 0 Å². The van der Waals surface area contributed by atoms with Crippen LogP contribution in [0.25, 0.3) is 0 Å². The quantitative estimate of drug-likeness (QED) is 0.848. The van der Waals surface area contributed by atoms with E-state index in [0.717, 1.165) is 30.7 Å². The maximum atomic E-state index is 13.3. The number of halogens is 2. The van der Waals surface area contributed by atoms with Crippen LogP contribution in [0, 0.1) is 5.82 Å². The number of sulfonamides is 1. The molecule has 1 unspecified atom stereocenters. The minimum atomic E-state index is -3.69. The van der Waals surface area contributed by atoms with E-state index in [1.807, 2.05) is 19.3 Å². The molecule has 1 fully saturated rings. The summed E-state index contributed by atoms with van der Waals surface area (Å²) in [7, 11) is -1.85. The minimum absolute atomic E-state index is 0.0190. The van der Waals surface area contributed by atoms with E-state index in [1.54, 1.807) is 4.68 Å². The first-order chi connectivity index (χ1) is 10.9. The zero-order chi connectivity index (χ0) is 16.6. The second kappa shape index (κ2) is 6.22. The molecule has 124 valence electrons. The molecule has 23 heavy (non-hydrogen) atoms. The van der Waals surface area contributed by atoms with Crippen molar-refractivity contribution in [2.75, 3.05) is 13.1 Å². The van der Waals surface area contributed by atoms with Gasteiger partial charge in [-0.05, 0) is 37.1 Å². The molecule has 0 N–H and O–H groups in total. The number of nitrogens with zero attached hydrogens (tertiary/aromatic N) is 3. The highest BCUT2D eigenvalue weighted by Gasteiger charge is 2.32. The summed E-state index contributed by atoms with van der Waals surface area (Å²) in [5, 5.41) is 4.18. The van der Waals surface area contributed by atoms with E-state index in [4.69, 9.17) is 11.6 Å². The highest BCUT2D eigenvalue weighted by atomic mass is 35.5. The molecule has 0 aliphatic carbocycles. The van der Waals surface area contributed by atoms with Crippen molar-refractivity contribution in [3.8, 4) is 0 Å². The molecule has 0 amide bonds. The third-order valence-electron chi connectivity index (χ3n) is 4.07. The predicted molar refractivity (Wildman–Crippen MR) is 85.4 cm³/mol. The van der Waals surface area contributed by atoms with E-state index >= 15 is 0 Å². The second-order valence-corrected chi connectivity index (χ2v) is 8.04. The van der Waals surface area contributed by atoms with Crippen LogP contribution in [0.1, 0.15) is 24.5 Å². The lowest BCUT2D eigenvalue weighted by Crippen LogP contribution is -2.39. The van der Waals surface area contributed by atoms with E-state index in [9.17, 15) is 12.8 Å². The molecule has 1 aromatic heterocycles.